The van der Waals surface area contributed by atoms with Gasteiger partial charge in [0.15, 0.2) is 6.39 Å². The first-order chi connectivity index (χ1) is 7.16. The fourth-order valence-corrected chi connectivity index (χ4v) is 1.99. The molecule has 0 aliphatic carbocycles. The van der Waals surface area contributed by atoms with E-state index in [9.17, 15) is 0 Å². The summed E-state index contributed by atoms with van der Waals surface area (Å²) >= 11 is 0. The molecule has 0 radical (unpaired) electrons. The van der Waals surface area contributed by atoms with E-state index in [1.807, 2.05) is 6.92 Å². The minimum absolute atomic E-state index is 0.563. The molecule has 84 valence electrons. The third kappa shape index (κ3) is 2.38. The van der Waals surface area contributed by atoms with Crippen LogP contribution in [0.3, 0.4) is 0 Å². The molecule has 4 heteroatoms. The summed E-state index contributed by atoms with van der Waals surface area (Å²) in [6.07, 6.45) is 1.53. The second kappa shape index (κ2) is 4.33. The summed E-state index contributed by atoms with van der Waals surface area (Å²) in [6, 6.07) is 1.13. The minimum atomic E-state index is 0.563. The highest BCUT2D eigenvalue weighted by Gasteiger charge is 2.23. The van der Waals surface area contributed by atoms with Gasteiger partial charge in [0.05, 0.1) is 5.69 Å². The molecule has 1 aromatic heterocycles. The average molecular weight is 209 g/mol. The zero-order valence-electron chi connectivity index (χ0n) is 9.66. The highest BCUT2D eigenvalue weighted by molar-refractivity contribution is 5.05. The van der Waals surface area contributed by atoms with E-state index in [0.717, 1.165) is 31.1 Å². The second-order valence-electron chi connectivity index (χ2n) is 4.44. The lowest BCUT2D eigenvalue weighted by atomic mass is 10.1. The summed E-state index contributed by atoms with van der Waals surface area (Å²) in [5.74, 6) is 0.938. The van der Waals surface area contributed by atoms with E-state index in [-0.39, 0.29) is 0 Å². The molecule has 2 unspecified atom stereocenters. The van der Waals surface area contributed by atoms with E-state index in [4.69, 9.17) is 4.42 Å². The molecule has 0 amide bonds. The molecule has 1 N–H and O–H groups in total. The monoisotopic (exact) mass is 209 g/mol. The predicted octanol–water partition coefficient (Wildman–Crippen LogP) is 1.17. The lowest BCUT2D eigenvalue weighted by molar-refractivity contribution is 0.137. The fraction of sp³-hybridized carbons (Fsp3) is 0.727. The van der Waals surface area contributed by atoms with Crippen molar-refractivity contribution in [2.75, 3.05) is 13.1 Å². The Hall–Kier alpha value is -0.870. The lowest BCUT2D eigenvalue weighted by Crippen LogP contribution is -2.53. The highest BCUT2D eigenvalue weighted by atomic mass is 16.3. The Kier molecular flexibility index (Phi) is 3.07. The summed E-state index contributed by atoms with van der Waals surface area (Å²) in [6.45, 7) is 9.46. The van der Waals surface area contributed by atoms with Crippen molar-refractivity contribution in [1.29, 1.82) is 0 Å². The van der Waals surface area contributed by atoms with E-state index < -0.39 is 0 Å². The maximum Gasteiger partial charge on any atom is 0.181 e. The molecule has 1 aromatic rings. The maximum absolute atomic E-state index is 5.21. The van der Waals surface area contributed by atoms with Crippen LogP contribution < -0.4 is 5.32 Å². The van der Waals surface area contributed by atoms with Crippen LogP contribution in [0.1, 0.15) is 25.3 Å². The van der Waals surface area contributed by atoms with Gasteiger partial charge in [-0.15, -0.1) is 0 Å². The fourth-order valence-electron chi connectivity index (χ4n) is 1.99. The van der Waals surface area contributed by atoms with Gasteiger partial charge in [0.25, 0.3) is 0 Å². The van der Waals surface area contributed by atoms with Gasteiger partial charge in [-0.05, 0) is 20.8 Å². The van der Waals surface area contributed by atoms with Crippen molar-refractivity contribution in [3.63, 3.8) is 0 Å². The zero-order chi connectivity index (χ0) is 10.8. The molecule has 0 saturated carbocycles. The van der Waals surface area contributed by atoms with Crippen molar-refractivity contribution >= 4 is 0 Å². The molecule has 0 aromatic carbocycles. The number of hydrogen-bond donors (Lipinski definition) is 1. The first kappa shape index (κ1) is 10.6. The Balaban J connectivity index is 2.01. The summed E-state index contributed by atoms with van der Waals surface area (Å²) in [5.41, 5.74) is 1.07. The van der Waals surface area contributed by atoms with Crippen LogP contribution in [0.4, 0.5) is 0 Å². The topological polar surface area (TPSA) is 41.3 Å². The first-order valence-corrected chi connectivity index (χ1v) is 5.53. The molecule has 0 bridgehead atoms. The Morgan fingerprint density at radius 1 is 1.60 bits per heavy atom. The number of nitrogens with one attached hydrogen (secondary N) is 1. The van der Waals surface area contributed by atoms with Crippen molar-refractivity contribution in [3.05, 3.63) is 17.8 Å². The van der Waals surface area contributed by atoms with Gasteiger partial charge in [-0.1, -0.05) is 0 Å². The minimum Gasteiger partial charge on any atom is -0.448 e. The van der Waals surface area contributed by atoms with Crippen LogP contribution in [0.2, 0.25) is 0 Å². The van der Waals surface area contributed by atoms with Crippen LogP contribution in [-0.4, -0.2) is 35.1 Å². The smallest absolute Gasteiger partial charge is 0.181 e. The Bertz CT molecular complexity index is 323. The molecular weight excluding hydrogens is 190 g/mol. The van der Waals surface area contributed by atoms with Crippen LogP contribution in [0.25, 0.3) is 0 Å². The molecule has 1 aliphatic rings. The predicted molar refractivity (Wildman–Crippen MR) is 58.6 cm³/mol. The summed E-state index contributed by atoms with van der Waals surface area (Å²) in [7, 11) is 0. The normalized spacial score (nSPS) is 28.2. The average Bonchev–Trinajstić information content (AvgIpc) is 2.58. The number of aromatic nitrogens is 1. The van der Waals surface area contributed by atoms with Crippen LogP contribution in [-0.2, 0) is 6.54 Å². The zero-order valence-corrected chi connectivity index (χ0v) is 9.66. The highest BCUT2D eigenvalue weighted by Crippen LogP contribution is 2.13. The SMILES string of the molecule is Cc1ocnc1CN1CC(C)NCC1C. The van der Waals surface area contributed by atoms with E-state index in [2.05, 4.69) is 29.0 Å². The number of oxazole rings is 1. The first-order valence-electron chi connectivity index (χ1n) is 5.53. The molecule has 0 spiro atoms. The summed E-state index contributed by atoms with van der Waals surface area (Å²) in [5, 5.41) is 3.47. The van der Waals surface area contributed by atoms with E-state index in [1.54, 1.807) is 0 Å². The molecule has 1 fully saturated rings. The number of piperazine rings is 1. The molecule has 1 saturated heterocycles. The summed E-state index contributed by atoms with van der Waals surface area (Å²) < 4.78 is 5.21. The maximum atomic E-state index is 5.21. The number of nitrogens with zero attached hydrogens (tertiary/aromatic N) is 2. The van der Waals surface area contributed by atoms with Gasteiger partial charge >= 0.3 is 0 Å². The van der Waals surface area contributed by atoms with Gasteiger partial charge < -0.3 is 9.73 Å². The van der Waals surface area contributed by atoms with Gasteiger partial charge in [-0.2, -0.15) is 0 Å². The van der Waals surface area contributed by atoms with Gasteiger partial charge in [0, 0.05) is 31.7 Å². The van der Waals surface area contributed by atoms with Gasteiger partial charge in [0.1, 0.15) is 5.76 Å². The summed E-state index contributed by atoms with van der Waals surface area (Å²) in [4.78, 5) is 6.69. The number of hydrogen-bond acceptors (Lipinski definition) is 4. The van der Waals surface area contributed by atoms with Crippen molar-refractivity contribution in [2.45, 2.75) is 39.4 Å². The quantitative estimate of drug-likeness (QED) is 0.793. The second-order valence-corrected chi connectivity index (χ2v) is 4.44. The molecule has 1 aliphatic heterocycles. The number of aryl methyl sites for hydroxylation is 1. The molecule has 4 nitrogen and oxygen atoms in total. The standard InChI is InChI=1S/C11H19N3O/c1-8-5-14(9(2)4-12-8)6-11-10(3)15-7-13-11/h7-9,12H,4-6H2,1-3H3. The van der Waals surface area contributed by atoms with Crippen LogP contribution in [0, 0.1) is 6.92 Å². The molecule has 2 heterocycles. The van der Waals surface area contributed by atoms with Crippen molar-refractivity contribution in [3.8, 4) is 0 Å². The van der Waals surface area contributed by atoms with Crippen molar-refractivity contribution < 1.29 is 4.42 Å². The van der Waals surface area contributed by atoms with Crippen molar-refractivity contribution in [1.82, 2.24) is 15.2 Å². The third-order valence-corrected chi connectivity index (χ3v) is 3.09. The van der Waals surface area contributed by atoms with Crippen LogP contribution in [0.5, 0.6) is 0 Å². The molecule has 2 atom stereocenters. The van der Waals surface area contributed by atoms with E-state index >= 15 is 0 Å². The lowest BCUT2D eigenvalue weighted by Gasteiger charge is -2.37. The van der Waals surface area contributed by atoms with Crippen LogP contribution >= 0.6 is 0 Å². The molecule has 15 heavy (non-hydrogen) atoms. The Morgan fingerprint density at radius 2 is 2.40 bits per heavy atom. The van der Waals surface area contributed by atoms with Crippen molar-refractivity contribution in [2.24, 2.45) is 0 Å². The number of rotatable bonds is 2. The van der Waals surface area contributed by atoms with Crippen LogP contribution in [0.15, 0.2) is 10.8 Å². The Morgan fingerprint density at radius 3 is 3.07 bits per heavy atom. The van der Waals surface area contributed by atoms with E-state index in [0.29, 0.717) is 12.1 Å². The van der Waals surface area contributed by atoms with Gasteiger partial charge in [0.2, 0.25) is 0 Å². The molecule has 2 rings (SSSR count). The Labute approximate surface area is 90.7 Å². The van der Waals surface area contributed by atoms with Gasteiger partial charge in [-0.25, -0.2) is 4.98 Å². The molecular formula is C11H19N3O. The largest absolute Gasteiger partial charge is 0.448 e. The van der Waals surface area contributed by atoms with E-state index in [1.165, 1.54) is 6.39 Å². The van der Waals surface area contributed by atoms with Gasteiger partial charge in [-0.3, -0.25) is 4.90 Å². The third-order valence-electron chi connectivity index (χ3n) is 3.09.